The Hall–Kier alpha value is -1.83. The highest BCUT2D eigenvalue weighted by molar-refractivity contribution is 14.0. The molecule has 4 rings (SSSR count). The lowest BCUT2D eigenvalue weighted by Crippen LogP contribution is -2.49. The molecule has 6 heteroatoms. The van der Waals surface area contributed by atoms with Crippen molar-refractivity contribution >= 4 is 35.8 Å². The van der Waals surface area contributed by atoms with Gasteiger partial charge in [0.05, 0.1) is 0 Å². The van der Waals surface area contributed by atoms with E-state index >= 15 is 0 Å². The van der Waals surface area contributed by atoms with Gasteiger partial charge in [0, 0.05) is 44.3 Å². The molecule has 2 fully saturated rings. The molecular formula is C22H30IN5. The minimum absolute atomic E-state index is 0. The number of guanidine groups is 1. The Morgan fingerprint density at radius 3 is 2.50 bits per heavy atom. The molecule has 150 valence electrons. The van der Waals surface area contributed by atoms with Gasteiger partial charge in [-0.3, -0.25) is 4.99 Å². The van der Waals surface area contributed by atoms with Crippen molar-refractivity contribution in [2.24, 2.45) is 4.99 Å². The summed E-state index contributed by atoms with van der Waals surface area (Å²) < 4.78 is 0. The van der Waals surface area contributed by atoms with Gasteiger partial charge in [-0.1, -0.05) is 30.3 Å². The van der Waals surface area contributed by atoms with Crippen molar-refractivity contribution in [2.45, 2.75) is 44.2 Å². The maximum Gasteiger partial charge on any atom is 0.191 e. The van der Waals surface area contributed by atoms with Crippen molar-refractivity contribution < 1.29 is 0 Å². The minimum atomic E-state index is 0. The van der Waals surface area contributed by atoms with E-state index in [9.17, 15) is 0 Å². The van der Waals surface area contributed by atoms with Crippen LogP contribution in [0.3, 0.4) is 0 Å². The summed E-state index contributed by atoms with van der Waals surface area (Å²) in [6.45, 7) is 4.26. The molecule has 1 aromatic heterocycles. The van der Waals surface area contributed by atoms with Crippen LogP contribution in [0.15, 0.2) is 53.7 Å². The molecule has 0 bridgehead atoms. The summed E-state index contributed by atoms with van der Waals surface area (Å²) in [5, 5.41) is 7.25. The zero-order valence-electron chi connectivity index (χ0n) is 16.6. The number of aliphatic imine (C=N–C) groups is 1. The number of anilines is 1. The summed E-state index contributed by atoms with van der Waals surface area (Å²) in [5.41, 5.74) is 2.85. The zero-order valence-corrected chi connectivity index (χ0v) is 19.0. The maximum absolute atomic E-state index is 4.47. The monoisotopic (exact) mass is 491 g/mol. The average molecular weight is 491 g/mol. The Labute approximate surface area is 185 Å². The molecule has 2 aromatic rings. The third-order valence-corrected chi connectivity index (χ3v) is 5.73. The van der Waals surface area contributed by atoms with E-state index in [4.69, 9.17) is 0 Å². The number of halogens is 1. The van der Waals surface area contributed by atoms with Crippen molar-refractivity contribution in [3.8, 4) is 0 Å². The van der Waals surface area contributed by atoms with Gasteiger partial charge < -0.3 is 15.5 Å². The third kappa shape index (κ3) is 4.96. The molecule has 2 N–H and O–H groups in total. The van der Waals surface area contributed by atoms with Crippen molar-refractivity contribution in [3.05, 3.63) is 59.8 Å². The van der Waals surface area contributed by atoms with Gasteiger partial charge in [0.15, 0.2) is 5.96 Å². The van der Waals surface area contributed by atoms with E-state index in [-0.39, 0.29) is 24.0 Å². The largest absolute Gasteiger partial charge is 0.356 e. The quantitative estimate of drug-likeness (QED) is 0.389. The van der Waals surface area contributed by atoms with E-state index in [0.29, 0.717) is 18.0 Å². The van der Waals surface area contributed by atoms with Gasteiger partial charge in [0.1, 0.15) is 5.82 Å². The number of nitrogens with zero attached hydrogens (tertiary/aromatic N) is 3. The van der Waals surface area contributed by atoms with Crippen LogP contribution in [0, 0.1) is 6.92 Å². The van der Waals surface area contributed by atoms with Crippen LogP contribution < -0.4 is 15.5 Å². The van der Waals surface area contributed by atoms with Gasteiger partial charge in [-0.15, -0.1) is 24.0 Å². The fraction of sp³-hybridized carbons (Fsp3) is 0.455. The smallest absolute Gasteiger partial charge is 0.191 e. The third-order valence-electron chi connectivity index (χ3n) is 5.73. The molecule has 1 saturated heterocycles. The van der Waals surface area contributed by atoms with Crippen LogP contribution in [-0.2, 0) is 0 Å². The molecule has 5 nitrogen and oxygen atoms in total. The molecular weight excluding hydrogens is 461 g/mol. The van der Waals surface area contributed by atoms with Crippen molar-refractivity contribution in [1.29, 1.82) is 0 Å². The standard InChI is InChI=1S/C22H29N5.HI/c1-16-7-3-4-8-18(16)19-15-20(19)26-22(23-2)25-17-10-13-27(14-11-17)21-9-5-6-12-24-21;/h3-9,12,17,19-20H,10-11,13-15H2,1-2H3,(H2,23,25,26);1H. The van der Waals surface area contributed by atoms with Crippen LogP contribution in [0.4, 0.5) is 5.82 Å². The highest BCUT2D eigenvalue weighted by Crippen LogP contribution is 2.42. The second kappa shape index (κ2) is 9.58. The van der Waals surface area contributed by atoms with Crippen LogP contribution >= 0.6 is 24.0 Å². The molecule has 2 heterocycles. The van der Waals surface area contributed by atoms with E-state index in [1.54, 1.807) is 0 Å². The molecule has 1 aliphatic heterocycles. The van der Waals surface area contributed by atoms with Gasteiger partial charge in [0.25, 0.3) is 0 Å². The van der Waals surface area contributed by atoms with Crippen LogP contribution in [0.1, 0.15) is 36.3 Å². The second-order valence-corrected chi connectivity index (χ2v) is 7.62. The minimum Gasteiger partial charge on any atom is -0.356 e. The number of hydrogen-bond donors (Lipinski definition) is 2. The van der Waals surface area contributed by atoms with E-state index in [2.05, 4.69) is 68.8 Å². The first-order chi connectivity index (χ1) is 13.2. The first-order valence-corrected chi connectivity index (χ1v) is 9.96. The molecule has 2 aliphatic rings. The first kappa shape index (κ1) is 20.9. The summed E-state index contributed by atoms with van der Waals surface area (Å²) in [4.78, 5) is 11.3. The van der Waals surface area contributed by atoms with Crippen LogP contribution in [-0.4, -0.2) is 43.2 Å². The molecule has 0 amide bonds. The van der Waals surface area contributed by atoms with E-state index in [1.807, 2.05) is 19.3 Å². The Bertz CT molecular complexity index is 787. The Kier molecular flexibility index (Phi) is 7.15. The topological polar surface area (TPSA) is 52.6 Å². The first-order valence-electron chi connectivity index (χ1n) is 9.96. The number of piperidine rings is 1. The number of aromatic nitrogens is 1. The normalized spacial score (nSPS) is 22.4. The van der Waals surface area contributed by atoms with Crippen LogP contribution in [0.2, 0.25) is 0 Å². The summed E-state index contributed by atoms with van der Waals surface area (Å²) in [7, 11) is 1.86. The van der Waals surface area contributed by atoms with Crippen LogP contribution in [0.5, 0.6) is 0 Å². The van der Waals surface area contributed by atoms with Gasteiger partial charge in [-0.05, 0) is 49.4 Å². The lowest BCUT2D eigenvalue weighted by atomic mass is 10.0. The van der Waals surface area contributed by atoms with E-state index in [1.165, 1.54) is 17.5 Å². The van der Waals surface area contributed by atoms with E-state index < -0.39 is 0 Å². The van der Waals surface area contributed by atoms with Crippen LogP contribution in [0.25, 0.3) is 0 Å². The molecule has 0 spiro atoms. The number of rotatable bonds is 4. The number of hydrogen-bond acceptors (Lipinski definition) is 3. The fourth-order valence-corrected chi connectivity index (χ4v) is 4.03. The summed E-state index contributed by atoms with van der Waals surface area (Å²) in [6.07, 6.45) is 5.25. The summed E-state index contributed by atoms with van der Waals surface area (Å²) in [6, 6.07) is 15.8. The summed E-state index contributed by atoms with van der Waals surface area (Å²) >= 11 is 0. The van der Waals surface area contributed by atoms with E-state index in [0.717, 1.165) is 37.7 Å². The number of benzene rings is 1. The highest BCUT2D eigenvalue weighted by Gasteiger charge is 2.39. The Balaban J connectivity index is 0.00000225. The molecule has 0 radical (unpaired) electrons. The summed E-state index contributed by atoms with van der Waals surface area (Å²) in [5.74, 6) is 2.63. The zero-order chi connectivity index (χ0) is 18.6. The lowest BCUT2D eigenvalue weighted by molar-refractivity contribution is 0.459. The number of pyridine rings is 1. The molecule has 28 heavy (non-hydrogen) atoms. The molecule has 1 aliphatic carbocycles. The van der Waals surface area contributed by atoms with Gasteiger partial charge in [-0.25, -0.2) is 4.98 Å². The van der Waals surface area contributed by atoms with Crippen molar-refractivity contribution in [1.82, 2.24) is 15.6 Å². The average Bonchev–Trinajstić information content (AvgIpc) is 3.48. The fourth-order valence-electron chi connectivity index (χ4n) is 4.03. The van der Waals surface area contributed by atoms with Gasteiger partial charge in [-0.2, -0.15) is 0 Å². The van der Waals surface area contributed by atoms with Gasteiger partial charge >= 0.3 is 0 Å². The molecule has 1 saturated carbocycles. The predicted octanol–water partition coefficient (Wildman–Crippen LogP) is 3.70. The second-order valence-electron chi connectivity index (χ2n) is 7.62. The Morgan fingerprint density at radius 1 is 1.07 bits per heavy atom. The van der Waals surface area contributed by atoms with Gasteiger partial charge in [0.2, 0.25) is 0 Å². The molecule has 1 aromatic carbocycles. The maximum atomic E-state index is 4.47. The van der Waals surface area contributed by atoms with Crippen molar-refractivity contribution in [3.63, 3.8) is 0 Å². The predicted molar refractivity (Wildman–Crippen MR) is 127 cm³/mol. The number of nitrogens with one attached hydrogen (secondary N) is 2. The lowest BCUT2D eigenvalue weighted by Gasteiger charge is -2.33. The SMILES string of the molecule is CN=C(NC1CCN(c2ccccn2)CC1)NC1CC1c1ccccc1C.I. The molecule has 2 atom stereocenters. The highest BCUT2D eigenvalue weighted by atomic mass is 127. The Morgan fingerprint density at radius 2 is 1.82 bits per heavy atom. The van der Waals surface area contributed by atoms with Crippen molar-refractivity contribution in [2.75, 3.05) is 25.0 Å². The number of aryl methyl sites for hydroxylation is 1. The molecule has 2 unspecified atom stereocenters.